The van der Waals surface area contributed by atoms with Gasteiger partial charge in [-0.1, -0.05) is 55.4 Å². The van der Waals surface area contributed by atoms with Crippen LogP contribution >= 0.6 is 0 Å². The van der Waals surface area contributed by atoms with E-state index in [9.17, 15) is 0 Å². The summed E-state index contributed by atoms with van der Waals surface area (Å²) in [6.45, 7) is 12.6. The van der Waals surface area contributed by atoms with E-state index < -0.39 is 0 Å². The Labute approximate surface area is 223 Å². The molecule has 0 aromatic rings. The fourth-order valence-corrected chi connectivity index (χ4v) is 0. The molecule has 0 heterocycles. The first-order chi connectivity index (χ1) is 11.3. The molecule has 0 spiro atoms. The maximum absolute atomic E-state index is 8.93. The maximum atomic E-state index is 8.93. The van der Waals surface area contributed by atoms with Gasteiger partial charge in [-0.05, 0) is 0 Å². The molecular formula is C16H42MgO8SnZr. The Morgan fingerprint density at radius 2 is 0.370 bits per heavy atom. The summed E-state index contributed by atoms with van der Waals surface area (Å²) in [4.78, 5) is 0. The van der Waals surface area contributed by atoms with Crippen LogP contribution in [0.3, 0.4) is 0 Å². The van der Waals surface area contributed by atoms with Crippen molar-refractivity contribution in [2.45, 2.75) is 55.4 Å². The SMILES string of the molecule is CC[O-].CC[O-].CC[O-].CC[O-].CC[O-].CC[O-].CC[O-].CC[O-].[H-].[H-].[Mg+2].[Sn+4].[Zr+4]. The van der Waals surface area contributed by atoms with Gasteiger partial charge in [-0.15, -0.1) is 52.9 Å². The molecule has 0 unspecified atom stereocenters. The van der Waals surface area contributed by atoms with Gasteiger partial charge >= 0.3 is 73.2 Å². The minimum absolute atomic E-state index is 0. The van der Waals surface area contributed by atoms with Crippen molar-refractivity contribution in [3.8, 4) is 0 Å². The maximum Gasteiger partial charge on any atom is 4.00 e. The standard InChI is InChI=1S/8C2H5O.Mg.Sn.Zr.2H/c8*1-2-3;;;;;/h8*2H2,1H3;;;;;/q8*-1;+2;2*+4;2*-1. The molecule has 0 radical (unpaired) electrons. The Morgan fingerprint density at radius 1 is 0.370 bits per heavy atom. The zero-order valence-corrected chi connectivity index (χ0v) is 25.4. The molecule has 164 valence electrons. The third kappa shape index (κ3) is 4240. The van der Waals surface area contributed by atoms with E-state index in [0.717, 1.165) is 0 Å². The number of hydrogen-bond acceptors (Lipinski definition) is 8. The van der Waals surface area contributed by atoms with Gasteiger partial charge in [0, 0.05) is 0 Å². The summed E-state index contributed by atoms with van der Waals surface area (Å²) in [5.74, 6) is 0. The molecule has 0 aromatic carbocycles. The van der Waals surface area contributed by atoms with Gasteiger partial charge in [0.25, 0.3) is 0 Å². The molecular weight excluding hydrogens is 554 g/mol. The van der Waals surface area contributed by atoms with Gasteiger partial charge in [0.1, 0.15) is 0 Å². The predicted molar refractivity (Wildman–Crippen MR) is 98.1 cm³/mol. The third-order valence-electron chi connectivity index (χ3n) is 0. The minimum atomic E-state index is 0. The van der Waals surface area contributed by atoms with Crippen molar-refractivity contribution in [2.75, 3.05) is 52.9 Å². The van der Waals surface area contributed by atoms with E-state index in [4.69, 9.17) is 40.9 Å². The summed E-state index contributed by atoms with van der Waals surface area (Å²) in [7, 11) is 0. The van der Waals surface area contributed by atoms with Gasteiger partial charge in [0.15, 0.2) is 0 Å². The van der Waals surface area contributed by atoms with Crippen LogP contribution in [0.1, 0.15) is 58.2 Å². The van der Waals surface area contributed by atoms with E-state index in [-0.39, 0.29) is 129 Å². The minimum Gasteiger partial charge on any atom is -1.00 e. The monoisotopic (exact) mass is 596 g/mol. The average molecular weight is 597 g/mol. The van der Waals surface area contributed by atoms with Gasteiger partial charge in [-0.25, -0.2) is 0 Å². The molecule has 0 bridgehead atoms. The molecule has 0 saturated carbocycles. The normalized spacial score (nSPS) is 5.33. The second-order valence-electron chi connectivity index (χ2n) is 2.31. The molecule has 0 atom stereocenters. The Hall–Kier alpha value is 2.13. The average Bonchev–Trinajstić information content (AvgIpc) is 2.45. The number of rotatable bonds is 0. The fraction of sp³-hybridized carbons (Fsp3) is 1.00. The molecule has 0 amide bonds. The topological polar surface area (TPSA) is 184 Å². The van der Waals surface area contributed by atoms with Crippen molar-refractivity contribution < 1.29 is 69.9 Å². The largest absolute Gasteiger partial charge is 4.00 e. The third-order valence-corrected chi connectivity index (χ3v) is 0. The Morgan fingerprint density at radius 3 is 0.370 bits per heavy atom. The van der Waals surface area contributed by atoms with Crippen LogP contribution in [0.2, 0.25) is 0 Å². The van der Waals surface area contributed by atoms with E-state index in [1.54, 1.807) is 55.4 Å². The van der Waals surface area contributed by atoms with Gasteiger partial charge in [-0.2, -0.15) is 0 Å². The summed E-state index contributed by atoms with van der Waals surface area (Å²) in [6, 6.07) is 0. The second-order valence-corrected chi connectivity index (χ2v) is 2.31. The van der Waals surface area contributed by atoms with Crippen molar-refractivity contribution in [2.24, 2.45) is 0 Å². The predicted octanol–water partition coefficient (Wildman–Crippen LogP) is -5.61. The molecule has 0 aliphatic heterocycles. The first kappa shape index (κ1) is 70.1. The second kappa shape index (κ2) is 202. The van der Waals surface area contributed by atoms with Crippen LogP contribution in [-0.4, -0.2) is 99.8 Å². The Bertz CT molecular complexity index is 74.9. The summed E-state index contributed by atoms with van der Waals surface area (Å²) in [6.07, 6.45) is 0. The Balaban J connectivity index is -0.00000000895. The molecule has 0 aromatic heterocycles. The zero-order chi connectivity index (χ0) is 21.7. The van der Waals surface area contributed by atoms with E-state index in [1.807, 2.05) is 0 Å². The van der Waals surface area contributed by atoms with Gasteiger partial charge in [0.2, 0.25) is 0 Å². The van der Waals surface area contributed by atoms with Crippen LogP contribution in [0.5, 0.6) is 0 Å². The summed E-state index contributed by atoms with van der Waals surface area (Å²) in [5.41, 5.74) is 0. The van der Waals surface area contributed by atoms with Crippen LogP contribution in [0, 0.1) is 0 Å². The van der Waals surface area contributed by atoms with E-state index in [1.165, 1.54) is 0 Å². The van der Waals surface area contributed by atoms with Crippen LogP contribution in [0.25, 0.3) is 0 Å². The summed E-state index contributed by atoms with van der Waals surface area (Å²) < 4.78 is 0. The first-order valence-corrected chi connectivity index (χ1v) is 7.97. The van der Waals surface area contributed by atoms with Crippen LogP contribution in [-0.2, 0) is 26.2 Å². The van der Waals surface area contributed by atoms with Gasteiger partial charge in [0.05, 0.1) is 0 Å². The van der Waals surface area contributed by atoms with Crippen molar-refractivity contribution >= 4 is 47.0 Å². The van der Waals surface area contributed by atoms with Gasteiger partial charge < -0.3 is 43.7 Å². The molecule has 0 N–H and O–H groups in total. The zero-order valence-electron chi connectivity index (χ0n) is 20.6. The molecule has 0 aliphatic carbocycles. The molecule has 11 heteroatoms. The van der Waals surface area contributed by atoms with E-state index in [2.05, 4.69) is 0 Å². The summed E-state index contributed by atoms with van der Waals surface area (Å²) >= 11 is 0. The quantitative estimate of drug-likeness (QED) is 0.248. The molecule has 0 saturated heterocycles. The van der Waals surface area contributed by atoms with Crippen LogP contribution in [0.15, 0.2) is 0 Å². The van der Waals surface area contributed by atoms with Crippen molar-refractivity contribution in [1.82, 2.24) is 0 Å². The first-order valence-electron chi connectivity index (χ1n) is 7.97. The molecule has 0 aliphatic rings. The smallest absolute Gasteiger partial charge is 1.00 e. The molecule has 27 heavy (non-hydrogen) atoms. The van der Waals surface area contributed by atoms with Crippen LogP contribution in [0.4, 0.5) is 0 Å². The van der Waals surface area contributed by atoms with E-state index >= 15 is 0 Å². The number of hydrogen-bond donors (Lipinski definition) is 0. The summed E-state index contributed by atoms with van der Waals surface area (Å²) in [5, 5.41) is 71.4. The molecule has 0 rings (SSSR count). The molecule has 8 nitrogen and oxygen atoms in total. The van der Waals surface area contributed by atoms with Gasteiger partial charge in [-0.3, -0.25) is 0 Å². The Kier molecular flexibility index (Phi) is 524. The fourth-order valence-electron chi connectivity index (χ4n) is 0. The van der Waals surface area contributed by atoms with E-state index in [0.29, 0.717) is 0 Å². The van der Waals surface area contributed by atoms with Crippen molar-refractivity contribution in [1.29, 1.82) is 0 Å². The van der Waals surface area contributed by atoms with Crippen molar-refractivity contribution in [3.05, 3.63) is 0 Å². The van der Waals surface area contributed by atoms with Crippen molar-refractivity contribution in [3.63, 3.8) is 0 Å². The van der Waals surface area contributed by atoms with Crippen LogP contribution < -0.4 is 40.9 Å². The molecule has 0 fully saturated rings.